The monoisotopic (exact) mass is 477 g/mol. The normalized spacial score (nSPS) is 20.7. The maximum atomic E-state index is 13.1. The largest absolute Gasteiger partial charge is 0.497 e. The van der Waals surface area contributed by atoms with Crippen LogP contribution in [0.4, 0.5) is 0 Å². The molecule has 1 heterocycles. The number of carbonyl (C=O) groups is 3. The Kier molecular flexibility index (Phi) is 8.06. The third-order valence-corrected chi connectivity index (χ3v) is 7.27. The van der Waals surface area contributed by atoms with E-state index >= 15 is 0 Å². The Labute approximate surface area is 207 Å². The van der Waals surface area contributed by atoms with Crippen LogP contribution in [0.2, 0.25) is 0 Å². The summed E-state index contributed by atoms with van der Waals surface area (Å²) in [6, 6.07) is 14.6. The first-order chi connectivity index (χ1) is 17.0. The van der Waals surface area contributed by atoms with Gasteiger partial charge in [-0.15, -0.1) is 0 Å². The number of aryl methyl sites for hydroxylation is 1. The fourth-order valence-electron chi connectivity index (χ4n) is 5.13. The van der Waals surface area contributed by atoms with Gasteiger partial charge in [0.1, 0.15) is 5.75 Å². The van der Waals surface area contributed by atoms with Gasteiger partial charge in [-0.05, 0) is 62.4 Å². The molecule has 0 spiro atoms. The molecule has 2 aliphatic rings. The fraction of sp³-hybridized carbons (Fsp3) is 0.464. The maximum absolute atomic E-state index is 13.1. The van der Waals surface area contributed by atoms with Gasteiger partial charge in [-0.1, -0.05) is 37.1 Å². The highest BCUT2D eigenvalue weighted by molar-refractivity contribution is 5.96. The Bertz CT molecular complexity index is 1060. The molecule has 0 unspecified atom stereocenters. The lowest BCUT2D eigenvalue weighted by Crippen LogP contribution is -2.55. The van der Waals surface area contributed by atoms with Crippen molar-refractivity contribution in [3.63, 3.8) is 0 Å². The second-order valence-electron chi connectivity index (χ2n) is 9.59. The highest BCUT2D eigenvalue weighted by atomic mass is 16.5. The number of methoxy groups -OCH3 is 1. The zero-order valence-corrected chi connectivity index (χ0v) is 20.6. The first-order valence-corrected chi connectivity index (χ1v) is 12.6. The molecule has 0 aromatic heterocycles. The van der Waals surface area contributed by atoms with Crippen molar-refractivity contribution in [2.24, 2.45) is 5.92 Å². The summed E-state index contributed by atoms with van der Waals surface area (Å²) in [5.41, 5.74) is 2.22. The van der Waals surface area contributed by atoms with Gasteiger partial charge in [0.15, 0.2) is 0 Å². The molecule has 4 rings (SSSR count). The van der Waals surface area contributed by atoms with Gasteiger partial charge >= 0.3 is 0 Å². The van der Waals surface area contributed by atoms with Gasteiger partial charge in [0, 0.05) is 42.2 Å². The summed E-state index contributed by atoms with van der Waals surface area (Å²) in [5, 5.41) is 6.39. The third kappa shape index (κ3) is 6.02. The lowest BCUT2D eigenvalue weighted by molar-refractivity contribution is -0.127. The van der Waals surface area contributed by atoms with Gasteiger partial charge < -0.3 is 20.3 Å². The molecular weight excluding hydrogens is 442 g/mol. The topological polar surface area (TPSA) is 87.7 Å². The molecule has 35 heavy (non-hydrogen) atoms. The fourth-order valence-corrected chi connectivity index (χ4v) is 5.13. The van der Waals surface area contributed by atoms with Gasteiger partial charge in [-0.3, -0.25) is 14.4 Å². The second-order valence-corrected chi connectivity index (χ2v) is 9.59. The molecule has 1 aliphatic carbocycles. The van der Waals surface area contributed by atoms with Gasteiger partial charge in [0.05, 0.1) is 7.11 Å². The SMILES string of the molecule is COc1cccc(C(=O)N2CCC(C(=O)N[C@@H]3CCCC[C@H]3NC(=O)c3ccccc3C)CC2)c1. The molecule has 7 heteroatoms. The second kappa shape index (κ2) is 11.4. The van der Waals surface area contributed by atoms with Crippen LogP contribution in [-0.4, -0.2) is 54.9 Å². The molecular formula is C28H35N3O4. The molecule has 7 nitrogen and oxygen atoms in total. The van der Waals surface area contributed by atoms with E-state index in [-0.39, 0.29) is 35.7 Å². The summed E-state index contributed by atoms with van der Waals surface area (Å²) in [6.45, 7) is 3.03. The molecule has 1 saturated carbocycles. The van der Waals surface area contributed by atoms with Crippen LogP contribution in [-0.2, 0) is 4.79 Å². The number of likely N-dealkylation sites (tertiary alicyclic amines) is 1. The summed E-state index contributed by atoms with van der Waals surface area (Å²) in [4.78, 5) is 40.7. The van der Waals surface area contributed by atoms with Crippen molar-refractivity contribution in [3.8, 4) is 5.75 Å². The van der Waals surface area contributed by atoms with E-state index in [1.54, 1.807) is 19.2 Å². The van der Waals surface area contributed by atoms with Crippen molar-refractivity contribution < 1.29 is 19.1 Å². The summed E-state index contributed by atoms with van der Waals surface area (Å²) < 4.78 is 5.23. The van der Waals surface area contributed by atoms with Crippen LogP contribution in [0.25, 0.3) is 0 Å². The lowest BCUT2D eigenvalue weighted by atomic mass is 9.88. The molecule has 2 fully saturated rings. The van der Waals surface area contributed by atoms with Crippen LogP contribution in [0.1, 0.15) is 64.8 Å². The van der Waals surface area contributed by atoms with E-state index < -0.39 is 0 Å². The summed E-state index contributed by atoms with van der Waals surface area (Å²) in [6.07, 6.45) is 5.06. The van der Waals surface area contributed by atoms with Crippen LogP contribution in [0.3, 0.4) is 0 Å². The van der Waals surface area contributed by atoms with Gasteiger partial charge in [-0.25, -0.2) is 0 Å². The quantitative estimate of drug-likeness (QED) is 0.664. The number of nitrogens with one attached hydrogen (secondary N) is 2. The Hall–Kier alpha value is -3.35. The van der Waals surface area contributed by atoms with E-state index in [0.29, 0.717) is 42.8 Å². The molecule has 0 radical (unpaired) electrons. The highest BCUT2D eigenvalue weighted by Gasteiger charge is 2.33. The van der Waals surface area contributed by atoms with Gasteiger partial charge in [0.2, 0.25) is 5.91 Å². The van der Waals surface area contributed by atoms with Crippen molar-refractivity contribution in [2.75, 3.05) is 20.2 Å². The summed E-state index contributed by atoms with van der Waals surface area (Å²) in [7, 11) is 1.58. The number of ether oxygens (including phenoxy) is 1. The van der Waals surface area contributed by atoms with Crippen molar-refractivity contribution >= 4 is 17.7 Å². The van der Waals surface area contributed by atoms with E-state index in [1.165, 1.54) is 0 Å². The smallest absolute Gasteiger partial charge is 0.253 e. The van der Waals surface area contributed by atoms with Crippen LogP contribution in [0.15, 0.2) is 48.5 Å². The highest BCUT2D eigenvalue weighted by Crippen LogP contribution is 2.24. The molecule has 1 aliphatic heterocycles. The molecule has 2 aromatic rings. The third-order valence-electron chi connectivity index (χ3n) is 7.27. The number of rotatable bonds is 6. The predicted molar refractivity (Wildman–Crippen MR) is 134 cm³/mol. The predicted octanol–water partition coefficient (Wildman–Crippen LogP) is 3.71. The zero-order chi connectivity index (χ0) is 24.8. The number of carbonyl (C=O) groups excluding carboxylic acids is 3. The standard InChI is InChI=1S/C28H35N3O4/c1-19-8-3-4-11-23(19)27(33)30-25-13-6-5-12-24(25)29-26(32)20-14-16-31(17-15-20)28(34)21-9-7-10-22(18-21)35-2/h3-4,7-11,18,20,24-25H,5-6,12-17H2,1-2H3,(H,29,32)(H,30,33)/t24-,25-/m1/s1. The van der Waals surface area contributed by atoms with Crippen molar-refractivity contribution in [1.82, 2.24) is 15.5 Å². The molecule has 2 N–H and O–H groups in total. The van der Waals surface area contributed by atoms with Crippen molar-refractivity contribution in [1.29, 1.82) is 0 Å². The molecule has 186 valence electrons. The Balaban J connectivity index is 1.31. The zero-order valence-electron chi connectivity index (χ0n) is 20.6. The first-order valence-electron chi connectivity index (χ1n) is 12.6. The number of hydrogen-bond donors (Lipinski definition) is 2. The molecule has 2 atom stereocenters. The molecule has 3 amide bonds. The average Bonchev–Trinajstić information content (AvgIpc) is 2.89. The number of nitrogens with zero attached hydrogens (tertiary/aromatic N) is 1. The Morgan fingerprint density at radius 1 is 0.886 bits per heavy atom. The summed E-state index contributed by atoms with van der Waals surface area (Å²) in [5.74, 6) is 0.439. The number of hydrogen-bond acceptors (Lipinski definition) is 4. The minimum Gasteiger partial charge on any atom is -0.497 e. The lowest BCUT2D eigenvalue weighted by Gasteiger charge is -2.36. The van der Waals surface area contributed by atoms with Crippen LogP contribution in [0, 0.1) is 12.8 Å². The Morgan fingerprint density at radius 2 is 1.57 bits per heavy atom. The molecule has 2 aromatic carbocycles. The summed E-state index contributed by atoms with van der Waals surface area (Å²) >= 11 is 0. The van der Waals surface area contributed by atoms with Crippen molar-refractivity contribution in [2.45, 2.75) is 57.5 Å². The van der Waals surface area contributed by atoms with Crippen LogP contribution < -0.4 is 15.4 Å². The van der Waals surface area contributed by atoms with Crippen LogP contribution >= 0.6 is 0 Å². The molecule has 0 bridgehead atoms. The minimum absolute atomic E-state index is 0.0283. The Morgan fingerprint density at radius 3 is 2.26 bits per heavy atom. The van der Waals surface area contributed by atoms with Gasteiger partial charge in [-0.2, -0.15) is 0 Å². The van der Waals surface area contributed by atoms with E-state index in [2.05, 4.69) is 10.6 Å². The molecule has 1 saturated heterocycles. The first kappa shape index (κ1) is 24.8. The van der Waals surface area contributed by atoms with Gasteiger partial charge in [0.25, 0.3) is 11.8 Å². The van der Waals surface area contributed by atoms with Crippen LogP contribution in [0.5, 0.6) is 5.75 Å². The van der Waals surface area contributed by atoms with Crippen molar-refractivity contribution in [3.05, 3.63) is 65.2 Å². The number of benzene rings is 2. The maximum Gasteiger partial charge on any atom is 0.253 e. The van der Waals surface area contributed by atoms with E-state index in [1.807, 2.05) is 48.2 Å². The number of piperidine rings is 1. The number of amides is 3. The van der Waals surface area contributed by atoms with E-state index in [4.69, 9.17) is 4.74 Å². The minimum atomic E-state index is -0.126. The average molecular weight is 478 g/mol. The van der Waals surface area contributed by atoms with E-state index in [9.17, 15) is 14.4 Å². The van der Waals surface area contributed by atoms with E-state index in [0.717, 1.165) is 31.2 Å².